The number of benzene rings is 1. The number of allylic oxidation sites excluding steroid dienone is 5. The van der Waals surface area contributed by atoms with Gasteiger partial charge in [-0.1, -0.05) is 24.3 Å². The Morgan fingerprint density at radius 3 is 2.68 bits per heavy atom. The topological polar surface area (TPSA) is 38.8 Å². The first-order valence-corrected chi connectivity index (χ1v) is 7.01. The van der Waals surface area contributed by atoms with Crippen molar-refractivity contribution in [2.75, 3.05) is 14.2 Å². The lowest BCUT2D eigenvalue weighted by Gasteiger charge is -2.31. The predicted octanol–water partition coefficient (Wildman–Crippen LogP) is 2.94. The largest absolute Gasteiger partial charge is 0.493 e. The summed E-state index contributed by atoms with van der Waals surface area (Å²) in [7, 11) is 3.23. The molecule has 3 rings (SSSR count). The molecule has 22 heavy (non-hydrogen) atoms. The molecule has 0 radical (unpaired) electrons. The molecule has 0 fully saturated rings. The fourth-order valence-electron chi connectivity index (χ4n) is 2.59. The fraction of sp³-hybridized carbons (Fsp3) is 0.167. The van der Waals surface area contributed by atoms with Gasteiger partial charge in [-0.15, -0.1) is 0 Å². The first-order chi connectivity index (χ1) is 10.8. The number of carbonyl (C=O) groups excluding carboxylic acids is 1. The van der Waals surface area contributed by atoms with Gasteiger partial charge in [0.1, 0.15) is 12.3 Å². The molecule has 2 aliphatic rings. The van der Waals surface area contributed by atoms with E-state index >= 15 is 0 Å². The van der Waals surface area contributed by atoms with E-state index in [-0.39, 0.29) is 6.04 Å². The smallest absolute Gasteiger partial charge is 0.161 e. The maximum atomic E-state index is 11.2. The second kappa shape index (κ2) is 5.93. The summed E-state index contributed by atoms with van der Waals surface area (Å²) < 4.78 is 10.6. The summed E-state index contributed by atoms with van der Waals surface area (Å²) in [5.41, 5.74) is 3.02. The SMILES string of the molecule is COc1ccc(C2=CN3C(=CC=CC3C=O)C=C2)cc1OC. The Kier molecular flexibility index (Phi) is 3.83. The molecule has 0 N–H and O–H groups in total. The molecule has 112 valence electrons. The maximum absolute atomic E-state index is 11.2. The normalized spacial score (nSPS) is 19.2. The van der Waals surface area contributed by atoms with Crippen molar-refractivity contribution < 1.29 is 14.3 Å². The van der Waals surface area contributed by atoms with E-state index in [9.17, 15) is 4.79 Å². The average Bonchev–Trinajstić information content (AvgIpc) is 2.60. The summed E-state index contributed by atoms with van der Waals surface area (Å²) in [6.07, 6.45) is 12.7. The summed E-state index contributed by atoms with van der Waals surface area (Å²) in [5.74, 6) is 1.38. The van der Waals surface area contributed by atoms with Crippen LogP contribution in [0.1, 0.15) is 5.56 Å². The minimum absolute atomic E-state index is 0.264. The molecule has 0 saturated heterocycles. The van der Waals surface area contributed by atoms with Crippen LogP contribution in [0.2, 0.25) is 0 Å². The second-order valence-corrected chi connectivity index (χ2v) is 5.00. The molecule has 0 saturated carbocycles. The van der Waals surface area contributed by atoms with Crippen LogP contribution < -0.4 is 9.47 Å². The van der Waals surface area contributed by atoms with Gasteiger partial charge in [0.2, 0.25) is 0 Å². The van der Waals surface area contributed by atoms with Crippen LogP contribution in [0.4, 0.5) is 0 Å². The molecule has 4 heteroatoms. The minimum atomic E-state index is -0.264. The maximum Gasteiger partial charge on any atom is 0.161 e. The van der Waals surface area contributed by atoms with E-state index in [1.807, 2.05) is 59.7 Å². The first kappa shape index (κ1) is 14.2. The third-order valence-corrected chi connectivity index (χ3v) is 3.76. The number of hydrogen-bond donors (Lipinski definition) is 0. The highest BCUT2D eigenvalue weighted by Crippen LogP contribution is 2.33. The number of aldehydes is 1. The van der Waals surface area contributed by atoms with Gasteiger partial charge in [0.25, 0.3) is 0 Å². The number of nitrogens with zero attached hydrogens (tertiary/aromatic N) is 1. The summed E-state index contributed by atoms with van der Waals surface area (Å²) in [6, 6.07) is 5.52. The highest BCUT2D eigenvalue weighted by Gasteiger charge is 2.21. The monoisotopic (exact) mass is 295 g/mol. The molecular formula is C18H17NO3. The summed E-state index contributed by atoms with van der Waals surface area (Å²) in [6.45, 7) is 0. The van der Waals surface area contributed by atoms with Gasteiger partial charge in [-0.2, -0.15) is 0 Å². The van der Waals surface area contributed by atoms with E-state index in [2.05, 4.69) is 0 Å². The quantitative estimate of drug-likeness (QED) is 0.801. The van der Waals surface area contributed by atoms with Crippen molar-refractivity contribution in [1.29, 1.82) is 0 Å². The molecule has 2 aliphatic heterocycles. The average molecular weight is 295 g/mol. The van der Waals surface area contributed by atoms with Gasteiger partial charge in [0, 0.05) is 11.9 Å². The van der Waals surface area contributed by atoms with E-state index in [4.69, 9.17) is 9.47 Å². The van der Waals surface area contributed by atoms with Gasteiger partial charge in [-0.25, -0.2) is 0 Å². The van der Waals surface area contributed by atoms with E-state index in [0.717, 1.165) is 23.1 Å². The van der Waals surface area contributed by atoms with Crippen molar-refractivity contribution in [3.63, 3.8) is 0 Å². The van der Waals surface area contributed by atoms with E-state index in [0.29, 0.717) is 11.5 Å². The van der Waals surface area contributed by atoms with Gasteiger partial charge >= 0.3 is 0 Å². The summed E-state index contributed by atoms with van der Waals surface area (Å²) >= 11 is 0. The van der Waals surface area contributed by atoms with Crippen molar-refractivity contribution in [3.8, 4) is 11.5 Å². The van der Waals surface area contributed by atoms with E-state index in [1.165, 1.54) is 0 Å². The Morgan fingerprint density at radius 2 is 1.95 bits per heavy atom. The highest BCUT2D eigenvalue weighted by atomic mass is 16.5. The van der Waals surface area contributed by atoms with Crippen LogP contribution in [-0.4, -0.2) is 31.4 Å². The standard InChI is InChI=1S/C18H17NO3/c1-21-17-9-7-13(10-18(17)22-2)14-6-8-15-4-3-5-16(12-20)19(15)11-14/h3-12,16H,1-2H3. The molecular weight excluding hydrogens is 278 g/mol. The Balaban J connectivity index is 1.98. The molecule has 1 aromatic rings. The van der Waals surface area contributed by atoms with Crippen LogP contribution in [-0.2, 0) is 4.79 Å². The zero-order chi connectivity index (χ0) is 15.5. The lowest BCUT2D eigenvalue weighted by atomic mass is 10.0. The number of fused-ring (bicyclic) bond motifs is 1. The lowest BCUT2D eigenvalue weighted by Crippen LogP contribution is -2.32. The first-order valence-electron chi connectivity index (χ1n) is 7.01. The van der Waals surface area contributed by atoms with Crippen molar-refractivity contribution >= 4 is 11.9 Å². The zero-order valence-electron chi connectivity index (χ0n) is 12.5. The van der Waals surface area contributed by atoms with Crippen LogP contribution in [0.3, 0.4) is 0 Å². The Bertz CT molecular complexity index is 713. The van der Waals surface area contributed by atoms with Crippen molar-refractivity contribution in [2.24, 2.45) is 0 Å². The molecule has 0 aliphatic carbocycles. The fourth-order valence-corrected chi connectivity index (χ4v) is 2.59. The lowest BCUT2D eigenvalue weighted by molar-refractivity contribution is -0.110. The predicted molar refractivity (Wildman–Crippen MR) is 85.6 cm³/mol. The molecule has 2 heterocycles. The number of ether oxygens (including phenoxy) is 2. The number of rotatable bonds is 4. The summed E-state index contributed by atoms with van der Waals surface area (Å²) in [4.78, 5) is 13.2. The van der Waals surface area contributed by atoms with Crippen LogP contribution in [0.25, 0.3) is 5.57 Å². The molecule has 1 unspecified atom stereocenters. The molecule has 1 atom stereocenters. The molecule has 1 aromatic carbocycles. The molecule has 0 spiro atoms. The summed E-state index contributed by atoms with van der Waals surface area (Å²) in [5, 5.41) is 0. The van der Waals surface area contributed by atoms with Gasteiger partial charge in [-0.05, 0) is 35.4 Å². The van der Waals surface area contributed by atoms with Gasteiger partial charge in [0.05, 0.1) is 14.2 Å². The minimum Gasteiger partial charge on any atom is -0.493 e. The third-order valence-electron chi connectivity index (χ3n) is 3.76. The number of methoxy groups -OCH3 is 2. The zero-order valence-corrected chi connectivity index (χ0v) is 12.5. The molecule has 0 amide bonds. The Hall–Kier alpha value is -2.75. The van der Waals surface area contributed by atoms with Crippen LogP contribution in [0.5, 0.6) is 11.5 Å². The van der Waals surface area contributed by atoms with Gasteiger partial charge < -0.3 is 19.2 Å². The van der Waals surface area contributed by atoms with E-state index < -0.39 is 0 Å². The van der Waals surface area contributed by atoms with Crippen molar-refractivity contribution in [1.82, 2.24) is 4.90 Å². The Morgan fingerprint density at radius 1 is 1.14 bits per heavy atom. The number of carbonyl (C=O) groups is 1. The van der Waals surface area contributed by atoms with Crippen LogP contribution in [0.15, 0.2) is 60.5 Å². The van der Waals surface area contributed by atoms with Crippen LogP contribution >= 0.6 is 0 Å². The second-order valence-electron chi connectivity index (χ2n) is 5.00. The van der Waals surface area contributed by atoms with Gasteiger partial charge in [0.15, 0.2) is 11.5 Å². The van der Waals surface area contributed by atoms with Crippen LogP contribution in [0, 0.1) is 0 Å². The van der Waals surface area contributed by atoms with Crippen molar-refractivity contribution in [3.05, 3.63) is 66.0 Å². The molecule has 4 nitrogen and oxygen atoms in total. The Labute approximate surface area is 129 Å². The number of hydrogen-bond acceptors (Lipinski definition) is 4. The van der Waals surface area contributed by atoms with E-state index in [1.54, 1.807) is 14.2 Å². The highest BCUT2D eigenvalue weighted by molar-refractivity contribution is 5.78. The van der Waals surface area contributed by atoms with Gasteiger partial charge in [-0.3, -0.25) is 0 Å². The molecule has 0 bridgehead atoms. The van der Waals surface area contributed by atoms with Crippen molar-refractivity contribution in [2.45, 2.75) is 6.04 Å². The third kappa shape index (κ3) is 2.44. The molecule has 0 aromatic heterocycles.